The van der Waals surface area contributed by atoms with Crippen molar-refractivity contribution in [1.29, 1.82) is 0 Å². The van der Waals surface area contributed by atoms with Crippen molar-refractivity contribution in [2.45, 2.75) is 31.7 Å². The molecule has 136 valence electrons. The first kappa shape index (κ1) is 19.3. The van der Waals surface area contributed by atoms with Gasteiger partial charge in [-0.15, -0.1) is 13.2 Å². The lowest BCUT2D eigenvalue weighted by molar-refractivity contribution is -0.275. The molecule has 0 unspecified atom stereocenters. The highest BCUT2D eigenvalue weighted by Crippen LogP contribution is 2.31. The number of halogens is 3. The van der Waals surface area contributed by atoms with E-state index in [9.17, 15) is 21.6 Å². The molecule has 0 heterocycles. The minimum Gasteiger partial charge on any atom is -0.404 e. The van der Waals surface area contributed by atoms with Crippen molar-refractivity contribution in [1.82, 2.24) is 4.31 Å². The van der Waals surface area contributed by atoms with Gasteiger partial charge in [0.1, 0.15) is 10.6 Å². The van der Waals surface area contributed by atoms with Crippen LogP contribution in [0.4, 0.5) is 13.2 Å². The molecule has 0 saturated carbocycles. The van der Waals surface area contributed by atoms with E-state index in [0.717, 1.165) is 33.1 Å². The summed E-state index contributed by atoms with van der Waals surface area (Å²) in [5.74, 6) is -0.748. The van der Waals surface area contributed by atoms with E-state index in [-0.39, 0.29) is 6.54 Å². The van der Waals surface area contributed by atoms with Crippen LogP contribution < -0.4 is 4.74 Å². The van der Waals surface area contributed by atoms with Gasteiger partial charge in [0.15, 0.2) is 0 Å². The van der Waals surface area contributed by atoms with Gasteiger partial charge in [-0.3, -0.25) is 0 Å². The lowest BCUT2D eigenvalue weighted by Crippen LogP contribution is -2.28. The fourth-order valence-corrected chi connectivity index (χ4v) is 3.65. The fraction of sp³-hybridized carbons (Fsp3) is 0.294. The summed E-state index contributed by atoms with van der Waals surface area (Å²) < 4.78 is 67.8. The largest absolute Gasteiger partial charge is 0.573 e. The molecule has 0 bridgehead atoms. The van der Waals surface area contributed by atoms with Gasteiger partial charge in [-0.05, 0) is 37.1 Å². The van der Waals surface area contributed by atoms with Gasteiger partial charge in [-0.1, -0.05) is 35.9 Å². The van der Waals surface area contributed by atoms with Crippen LogP contribution in [0.15, 0.2) is 47.4 Å². The molecule has 0 atom stereocenters. The summed E-state index contributed by atoms with van der Waals surface area (Å²) in [6, 6.07) is 10.3. The Morgan fingerprint density at radius 2 is 1.72 bits per heavy atom. The SMILES string of the molecule is Cc1ccc(CN(C)S(=O)(=O)c2ccccc2OC(F)(F)F)c(C)c1. The average Bonchev–Trinajstić information content (AvgIpc) is 2.48. The maximum atomic E-state index is 12.7. The highest BCUT2D eigenvalue weighted by atomic mass is 32.2. The zero-order valence-corrected chi connectivity index (χ0v) is 14.8. The molecular formula is C17H18F3NO3S. The number of nitrogens with zero attached hydrogens (tertiary/aromatic N) is 1. The molecule has 0 amide bonds. The van der Waals surface area contributed by atoms with Crippen LogP contribution in [0.2, 0.25) is 0 Å². The van der Waals surface area contributed by atoms with E-state index in [1.807, 2.05) is 26.0 Å². The van der Waals surface area contributed by atoms with Crippen molar-refractivity contribution in [3.05, 3.63) is 59.2 Å². The summed E-state index contributed by atoms with van der Waals surface area (Å²) >= 11 is 0. The molecule has 0 saturated heterocycles. The van der Waals surface area contributed by atoms with E-state index in [0.29, 0.717) is 0 Å². The molecule has 0 aliphatic carbocycles. The Morgan fingerprint density at radius 3 is 2.32 bits per heavy atom. The minimum atomic E-state index is -4.97. The number of rotatable bonds is 5. The number of hydrogen-bond acceptors (Lipinski definition) is 3. The Bertz CT molecular complexity index is 864. The molecule has 8 heteroatoms. The minimum absolute atomic E-state index is 0.0365. The standard InChI is InChI=1S/C17H18F3NO3S/c1-12-8-9-14(13(2)10-12)11-21(3)25(22,23)16-7-5-4-6-15(16)24-17(18,19)20/h4-10H,11H2,1-3H3. The van der Waals surface area contributed by atoms with Gasteiger partial charge >= 0.3 is 6.36 Å². The number of benzene rings is 2. The number of sulfonamides is 1. The van der Waals surface area contributed by atoms with Crippen molar-refractivity contribution in [3.8, 4) is 5.75 Å². The smallest absolute Gasteiger partial charge is 0.404 e. The first-order chi connectivity index (χ1) is 11.5. The van der Waals surface area contributed by atoms with Crippen LogP contribution >= 0.6 is 0 Å². The summed E-state index contributed by atoms with van der Waals surface area (Å²) in [7, 11) is -2.84. The van der Waals surface area contributed by atoms with Gasteiger partial charge in [0.25, 0.3) is 0 Å². The molecule has 2 aromatic carbocycles. The monoisotopic (exact) mass is 373 g/mol. The lowest BCUT2D eigenvalue weighted by Gasteiger charge is -2.20. The molecule has 0 N–H and O–H groups in total. The number of alkyl halides is 3. The molecule has 0 aliphatic rings. The van der Waals surface area contributed by atoms with Crippen LogP contribution in [-0.4, -0.2) is 26.1 Å². The van der Waals surface area contributed by atoms with Crippen molar-refractivity contribution in [2.24, 2.45) is 0 Å². The van der Waals surface area contributed by atoms with Gasteiger partial charge < -0.3 is 4.74 Å². The molecule has 2 aromatic rings. The molecule has 0 fully saturated rings. The number of ether oxygens (including phenoxy) is 1. The molecule has 25 heavy (non-hydrogen) atoms. The molecule has 0 radical (unpaired) electrons. The predicted molar refractivity (Wildman–Crippen MR) is 87.7 cm³/mol. The van der Waals surface area contributed by atoms with Crippen LogP contribution in [0.25, 0.3) is 0 Å². The Balaban J connectivity index is 2.35. The summed E-state index contributed by atoms with van der Waals surface area (Å²) in [6.45, 7) is 3.81. The van der Waals surface area contributed by atoms with Crippen LogP contribution in [0.5, 0.6) is 5.75 Å². The molecule has 0 aliphatic heterocycles. The van der Waals surface area contributed by atoms with Crippen LogP contribution in [0.1, 0.15) is 16.7 Å². The normalized spacial score (nSPS) is 12.4. The number of hydrogen-bond donors (Lipinski definition) is 0. The van der Waals surface area contributed by atoms with Gasteiger partial charge in [-0.2, -0.15) is 4.31 Å². The predicted octanol–water partition coefficient (Wildman–Crippen LogP) is 4.02. The van der Waals surface area contributed by atoms with Crippen molar-refractivity contribution in [3.63, 3.8) is 0 Å². The number of para-hydroxylation sites is 1. The zero-order chi connectivity index (χ0) is 18.8. The van der Waals surface area contributed by atoms with Gasteiger partial charge in [0.05, 0.1) is 0 Å². The molecular weight excluding hydrogens is 355 g/mol. The van der Waals surface area contributed by atoms with E-state index in [1.54, 1.807) is 6.07 Å². The molecule has 2 rings (SSSR count). The quantitative estimate of drug-likeness (QED) is 0.795. The molecule has 0 aromatic heterocycles. The highest BCUT2D eigenvalue weighted by Gasteiger charge is 2.35. The third kappa shape index (κ3) is 4.73. The van der Waals surface area contributed by atoms with Crippen LogP contribution in [0, 0.1) is 13.8 Å². The third-order valence-corrected chi connectivity index (χ3v) is 5.50. The van der Waals surface area contributed by atoms with Crippen molar-refractivity contribution < 1.29 is 26.3 Å². The second-order valence-electron chi connectivity index (χ2n) is 5.69. The fourth-order valence-electron chi connectivity index (χ4n) is 2.39. The van der Waals surface area contributed by atoms with Gasteiger partial charge in [0, 0.05) is 13.6 Å². The Labute approximate surface area is 144 Å². The maximum absolute atomic E-state index is 12.7. The second kappa shape index (κ2) is 7.05. The third-order valence-electron chi connectivity index (χ3n) is 3.65. The van der Waals surface area contributed by atoms with E-state index in [2.05, 4.69) is 4.74 Å². The molecule has 4 nitrogen and oxygen atoms in total. The Kier molecular flexibility index (Phi) is 5.43. The van der Waals surface area contributed by atoms with Crippen molar-refractivity contribution in [2.75, 3.05) is 7.05 Å². The van der Waals surface area contributed by atoms with Gasteiger partial charge in [-0.25, -0.2) is 8.42 Å². The number of aryl methyl sites for hydroxylation is 2. The van der Waals surface area contributed by atoms with E-state index >= 15 is 0 Å². The Hall–Kier alpha value is -2.06. The van der Waals surface area contributed by atoms with E-state index < -0.39 is 27.0 Å². The summed E-state index contributed by atoms with van der Waals surface area (Å²) in [6.07, 6.45) is -4.97. The summed E-state index contributed by atoms with van der Waals surface area (Å²) in [5, 5.41) is 0. The first-order valence-corrected chi connectivity index (χ1v) is 8.82. The topological polar surface area (TPSA) is 46.6 Å². The average molecular weight is 373 g/mol. The van der Waals surface area contributed by atoms with E-state index in [1.165, 1.54) is 19.2 Å². The highest BCUT2D eigenvalue weighted by molar-refractivity contribution is 7.89. The van der Waals surface area contributed by atoms with Crippen LogP contribution in [-0.2, 0) is 16.6 Å². The van der Waals surface area contributed by atoms with Crippen molar-refractivity contribution >= 4 is 10.0 Å². The van der Waals surface area contributed by atoms with Gasteiger partial charge in [0.2, 0.25) is 10.0 Å². The van der Waals surface area contributed by atoms with E-state index in [4.69, 9.17) is 0 Å². The first-order valence-electron chi connectivity index (χ1n) is 7.38. The zero-order valence-electron chi connectivity index (χ0n) is 14.0. The maximum Gasteiger partial charge on any atom is 0.573 e. The second-order valence-corrected chi connectivity index (χ2v) is 7.70. The Morgan fingerprint density at radius 1 is 1.08 bits per heavy atom. The van der Waals surface area contributed by atoms with Crippen LogP contribution in [0.3, 0.4) is 0 Å². The summed E-state index contributed by atoms with van der Waals surface area (Å²) in [5.41, 5.74) is 2.71. The lowest BCUT2D eigenvalue weighted by atomic mass is 10.1. The molecule has 0 spiro atoms. The summed E-state index contributed by atoms with van der Waals surface area (Å²) in [4.78, 5) is -0.528.